The van der Waals surface area contributed by atoms with E-state index in [2.05, 4.69) is 11.7 Å². The van der Waals surface area contributed by atoms with Gasteiger partial charge in [0.15, 0.2) is 0 Å². The van der Waals surface area contributed by atoms with Crippen molar-refractivity contribution in [1.29, 1.82) is 0 Å². The monoisotopic (exact) mass is 193 g/mol. The maximum atomic E-state index is 13.3. The molecule has 0 atom stereocenters. The zero-order valence-electron chi connectivity index (χ0n) is 8.25. The average molecular weight is 193 g/mol. The van der Waals surface area contributed by atoms with Gasteiger partial charge >= 0.3 is 0 Å². The Balaban J connectivity index is 3.19. The highest BCUT2D eigenvalue weighted by atomic mass is 19.1. The van der Waals surface area contributed by atoms with Crippen LogP contribution in [0.1, 0.15) is 18.4 Å². The molecule has 1 aromatic rings. The van der Waals surface area contributed by atoms with Crippen LogP contribution in [0.5, 0.6) is 0 Å². The van der Waals surface area contributed by atoms with Crippen LogP contribution in [0.3, 0.4) is 0 Å². The van der Waals surface area contributed by atoms with Gasteiger partial charge in [-0.25, -0.2) is 4.39 Å². The molecule has 0 bridgehead atoms. The van der Waals surface area contributed by atoms with Crippen LogP contribution in [0, 0.1) is 6.92 Å². The lowest BCUT2D eigenvalue weighted by atomic mass is 10.1. The third kappa shape index (κ3) is 2.19. The molecule has 1 heterocycles. The second-order valence-corrected chi connectivity index (χ2v) is 2.79. The second-order valence-electron chi connectivity index (χ2n) is 2.79. The van der Waals surface area contributed by atoms with Crippen LogP contribution < -0.4 is 0 Å². The summed E-state index contributed by atoms with van der Waals surface area (Å²) in [5.41, 5.74) is 0.873. The number of hydrogen-bond acceptors (Lipinski definition) is 2. The Bertz CT molecular complexity index is 388. The number of aryl methyl sites for hydroxylation is 1. The van der Waals surface area contributed by atoms with E-state index in [1.54, 1.807) is 25.1 Å². The Morgan fingerprint density at radius 3 is 2.79 bits per heavy atom. The Labute approximate surface area is 82.4 Å². The molecule has 0 N–H and O–H groups in total. The molecule has 14 heavy (non-hydrogen) atoms. The molecule has 2 nitrogen and oxygen atoms in total. The van der Waals surface area contributed by atoms with Crippen LogP contribution in [-0.4, -0.2) is 5.16 Å². The summed E-state index contributed by atoms with van der Waals surface area (Å²) in [5.74, 6) is 0.246. The first-order chi connectivity index (χ1) is 6.69. The van der Waals surface area contributed by atoms with E-state index in [9.17, 15) is 4.39 Å². The van der Waals surface area contributed by atoms with Gasteiger partial charge in [-0.15, -0.1) is 0 Å². The Hall–Kier alpha value is -1.64. The summed E-state index contributed by atoms with van der Waals surface area (Å²) in [4.78, 5) is 0. The fraction of sp³-hybridized carbons (Fsp3) is 0.182. The molecular weight excluding hydrogens is 181 g/mol. The zero-order valence-corrected chi connectivity index (χ0v) is 8.25. The van der Waals surface area contributed by atoms with E-state index in [0.717, 1.165) is 6.08 Å². The van der Waals surface area contributed by atoms with E-state index in [0.29, 0.717) is 17.0 Å². The molecule has 0 fully saturated rings. The minimum absolute atomic E-state index is 0.388. The molecule has 0 amide bonds. The first kappa shape index (κ1) is 10.4. The average Bonchev–Trinajstić information content (AvgIpc) is 2.60. The largest absolute Gasteiger partial charge is 0.361 e. The maximum Gasteiger partial charge on any atom is 0.134 e. The van der Waals surface area contributed by atoms with Crippen LogP contribution in [-0.2, 0) is 0 Å². The van der Waals surface area contributed by atoms with Gasteiger partial charge in [-0.3, -0.25) is 0 Å². The number of aromatic nitrogens is 1. The lowest BCUT2D eigenvalue weighted by molar-refractivity contribution is 0.395. The lowest BCUT2D eigenvalue weighted by Crippen LogP contribution is -1.83. The van der Waals surface area contributed by atoms with E-state index in [-0.39, 0.29) is 0 Å². The summed E-state index contributed by atoms with van der Waals surface area (Å²) in [6, 6.07) is 1.68. The van der Waals surface area contributed by atoms with E-state index in [1.165, 1.54) is 0 Å². The molecule has 0 aromatic carbocycles. The standard InChI is InChI=1S/C11H12FNO/c1-4-6-9(10(12)5-2)11-7-8(3)14-13-11/h4-7H,2H2,1,3H3/b6-4-,10-9-. The van der Waals surface area contributed by atoms with Crippen molar-refractivity contribution < 1.29 is 8.91 Å². The summed E-state index contributed by atoms with van der Waals surface area (Å²) in [6.07, 6.45) is 4.52. The fourth-order valence-corrected chi connectivity index (χ4v) is 1.06. The molecule has 0 saturated carbocycles. The van der Waals surface area contributed by atoms with E-state index >= 15 is 0 Å². The Morgan fingerprint density at radius 2 is 2.36 bits per heavy atom. The van der Waals surface area contributed by atoms with E-state index < -0.39 is 5.83 Å². The summed E-state index contributed by atoms with van der Waals surface area (Å²) in [5, 5.41) is 3.73. The smallest absolute Gasteiger partial charge is 0.134 e. The molecular formula is C11H12FNO. The van der Waals surface area contributed by atoms with Gasteiger partial charge < -0.3 is 4.52 Å². The molecule has 74 valence electrons. The van der Waals surface area contributed by atoms with Crippen molar-refractivity contribution in [3.63, 3.8) is 0 Å². The molecule has 0 radical (unpaired) electrons. The minimum Gasteiger partial charge on any atom is -0.361 e. The summed E-state index contributed by atoms with van der Waals surface area (Å²) in [6.45, 7) is 6.94. The molecule has 0 aliphatic heterocycles. The number of nitrogens with zero attached hydrogens (tertiary/aromatic N) is 1. The predicted octanol–water partition coefficient (Wildman–Crippen LogP) is 3.43. The van der Waals surface area contributed by atoms with Crippen LogP contribution in [0.4, 0.5) is 4.39 Å². The Morgan fingerprint density at radius 1 is 1.64 bits per heavy atom. The lowest BCUT2D eigenvalue weighted by Gasteiger charge is -1.95. The summed E-state index contributed by atoms with van der Waals surface area (Å²) in [7, 11) is 0. The first-order valence-electron chi connectivity index (χ1n) is 4.27. The van der Waals surface area contributed by atoms with Crippen molar-refractivity contribution in [1.82, 2.24) is 5.16 Å². The summed E-state index contributed by atoms with van der Waals surface area (Å²) < 4.78 is 18.2. The molecule has 0 saturated heterocycles. The van der Waals surface area contributed by atoms with Gasteiger partial charge in [0.2, 0.25) is 0 Å². The van der Waals surface area contributed by atoms with E-state index in [4.69, 9.17) is 4.52 Å². The van der Waals surface area contributed by atoms with Crippen molar-refractivity contribution in [2.45, 2.75) is 13.8 Å². The minimum atomic E-state index is -0.406. The highest BCUT2D eigenvalue weighted by Gasteiger charge is 2.08. The summed E-state index contributed by atoms with van der Waals surface area (Å²) >= 11 is 0. The SMILES string of the molecule is C=C/C(F)=C(\C=C/C)c1cc(C)on1. The van der Waals surface area contributed by atoms with Crippen molar-refractivity contribution in [3.8, 4) is 0 Å². The molecule has 0 unspecified atom stereocenters. The van der Waals surface area contributed by atoms with Gasteiger partial charge in [0.25, 0.3) is 0 Å². The normalized spacial score (nSPS) is 13.1. The molecule has 0 aliphatic rings. The van der Waals surface area contributed by atoms with Crippen molar-refractivity contribution in [3.05, 3.63) is 48.2 Å². The van der Waals surface area contributed by atoms with Crippen LogP contribution >= 0.6 is 0 Å². The molecule has 1 rings (SSSR count). The van der Waals surface area contributed by atoms with Gasteiger partial charge in [0, 0.05) is 11.6 Å². The van der Waals surface area contributed by atoms with Crippen molar-refractivity contribution in [2.75, 3.05) is 0 Å². The van der Waals surface area contributed by atoms with Crippen LogP contribution in [0.15, 0.2) is 41.2 Å². The van der Waals surface area contributed by atoms with Crippen molar-refractivity contribution in [2.24, 2.45) is 0 Å². The highest BCUT2D eigenvalue weighted by molar-refractivity contribution is 5.74. The van der Waals surface area contributed by atoms with Crippen LogP contribution in [0.25, 0.3) is 5.57 Å². The van der Waals surface area contributed by atoms with Crippen molar-refractivity contribution >= 4 is 5.57 Å². The van der Waals surface area contributed by atoms with Gasteiger partial charge in [-0.2, -0.15) is 0 Å². The first-order valence-corrected chi connectivity index (χ1v) is 4.27. The number of halogens is 1. The third-order valence-corrected chi connectivity index (χ3v) is 1.67. The maximum absolute atomic E-state index is 13.3. The highest BCUT2D eigenvalue weighted by Crippen LogP contribution is 2.21. The quantitative estimate of drug-likeness (QED) is 0.687. The predicted molar refractivity (Wildman–Crippen MR) is 54.3 cm³/mol. The number of rotatable bonds is 3. The second kappa shape index (κ2) is 4.56. The third-order valence-electron chi connectivity index (χ3n) is 1.67. The Kier molecular flexibility index (Phi) is 3.40. The topological polar surface area (TPSA) is 26.0 Å². The van der Waals surface area contributed by atoms with Gasteiger partial charge in [0.05, 0.1) is 0 Å². The van der Waals surface area contributed by atoms with E-state index in [1.807, 2.05) is 6.92 Å². The number of allylic oxidation sites excluding steroid dienone is 5. The van der Waals surface area contributed by atoms with Crippen LogP contribution in [0.2, 0.25) is 0 Å². The number of hydrogen-bond donors (Lipinski definition) is 0. The fourth-order valence-electron chi connectivity index (χ4n) is 1.06. The zero-order chi connectivity index (χ0) is 10.6. The molecule has 0 spiro atoms. The van der Waals surface area contributed by atoms with Gasteiger partial charge in [-0.1, -0.05) is 23.9 Å². The van der Waals surface area contributed by atoms with Gasteiger partial charge in [0.1, 0.15) is 17.3 Å². The molecule has 3 heteroatoms. The molecule has 1 aromatic heterocycles. The van der Waals surface area contributed by atoms with Gasteiger partial charge in [-0.05, 0) is 19.9 Å². The molecule has 0 aliphatic carbocycles.